The molecule has 0 bridgehead atoms. The van der Waals surface area contributed by atoms with Gasteiger partial charge in [0.05, 0.1) is 13.4 Å². The van der Waals surface area contributed by atoms with E-state index in [0.717, 1.165) is 23.1 Å². The SMILES string of the molecule is C=CC(C)(/C=C\O)c1cc(C)cc(OC)c1. The minimum absolute atomic E-state index is 0.381. The van der Waals surface area contributed by atoms with E-state index in [4.69, 9.17) is 9.84 Å². The molecule has 86 valence electrons. The third-order valence-electron chi connectivity index (χ3n) is 2.75. The molecule has 0 fully saturated rings. The molecule has 0 heterocycles. The Morgan fingerprint density at radius 2 is 2.06 bits per heavy atom. The fraction of sp³-hybridized carbons (Fsp3) is 0.286. The van der Waals surface area contributed by atoms with Gasteiger partial charge in [-0.25, -0.2) is 0 Å². The number of benzene rings is 1. The van der Waals surface area contributed by atoms with Crippen LogP contribution in [0.5, 0.6) is 5.75 Å². The zero-order valence-electron chi connectivity index (χ0n) is 10.0. The maximum absolute atomic E-state index is 8.93. The lowest BCUT2D eigenvalue weighted by atomic mass is 9.82. The van der Waals surface area contributed by atoms with Crippen LogP contribution in [0.2, 0.25) is 0 Å². The maximum atomic E-state index is 8.93. The third kappa shape index (κ3) is 2.45. The van der Waals surface area contributed by atoms with Gasteiger partial charge in [-0.05, 0) is 43.2 Å². The number of aliphatic hydroxyl groups is 1. The van der Waals surface area contributed by atoms with Crippen LogP contribution in [-0.2, 0) is 5.41 Å². The summed E-state index contributed by atoms with van der Waals surface area (Å²) in [6, 6.07) is 5.98. The number of allylic oxidation sites excluding steroid dienone is 2. The molecule has 0 aliphatic carbocycles. The van der Waals surface area contributed by atoms with Crippen LogP contribution >= 0.6 is 0 Å². The third-order valence-corrected chi connectivity index (χ3v) is 2.75. The van der Waals surface area contributed by atoms with Crippen molar-refractivity contribution in [2.45, 2.75) is 19.3 Å². The van der Waals surface area contributed by atoms with E-state index in [2.05, 4.69) is 12.6 Å². The zero-order chi connectivity index (χ0) is 12.2. The number of ether oxygens (including phenoxy) is 1. The molecule has 2 nitrogen and oxygen atoms in total. The molecule has 1 unspecified atom stereocenters. The second-order valence-electron chi connectivity index (χ2n) is 4.04. The van der Waals surface area contributed by atoms with Crippen LogP contribution in [0, 0.1) is 6.92 Å². The smallest absolute Gasteiger partial charge is 0.119 e. The number of aliphatic hydroxyl groups excluding tert-OH is 1. The van der Waals surface area contributed by atoms with E-state index in [1.807, 2.05) is 26.0 Å². The monoisotopic (exact) mass is 218 g/mol. The first-order valence-corrected chi connectivity index (χ1v) is 5.17. The first-order valence-electron chi connectivity index (χ1n) is 5.17. The highest BCUT2D eigenvalue weighted by Gasteiger charge is 2.20. The standard InChI is InChI=1S/C14H18O2/c1-5-14(3,6-7-15)12-8-11(2)9-13(10-12)16-4/h5-10,15H,1H2,2-4H3/b7-6-. The Morgan fingerprint density at radius 1 is 1.38 bits per heavy atom. The number of aryl methyl sites for hydroxylation is 1. The summed E-state index contributed by atoms with van der Waals surface area (Å²) in [7, 11) is 1.64. The van der Waals surface area contributed by atoms with Crippen molar-refractivity contribution in [3.63, 3.8) is 0 Å². The Balaban J connectivity index is 3.29. The summed E-state index contributed by atoms with van der Waals surface area (Å²) in [5, 5.41) is 8.93. The van der Waals surface area contributed by atoms with E-state index in [9.17, 15) is 0 Å². The minimum atomic E-state index is -0.381. The predicted molar refractivity (Wildman–Crippen MR) is 67.0 cm³/mol. The Labute approximate surface area is 96.9 Å². The fourth-order valence-electron chi connectivity index (χ4n) is 1.61. The molecule has 1 N–H and O–H groups in total. The largest absolute Gasteiger partial charge is 0.516 e. The van der Waals surface area contributed by atoms with Gasteiger partial charge in [0, 0.05) is 5.41 Å². The van der Waals surface area contributed by atoms with Crippen molar-refractivity contribution in [3.8, 4) is 5.75 Å². The van der Waals surface area contributed by atoms with Crippen LogP contribution in [0.3, 0.4) is 0 Å². The van der Waals surface area contributed by atoms with E-state index in [1.165, 1.54) is 0 Å². The average Bonchev–Trinajstić information content (AvgIpc) is 2.28. The van der Waals surface area contributed by atoms with Gasteiger partial charge >= 0.3 is 0 Å². The number of hydrogen-bond donors (Lipinski definition) is 1. The molecule has 0 aromatic heterocycles. The lowest BCUT2D eigenvalue weighted by molar-refractivity contribution is 0.413. The predicted octanol–water partition coefficient (Wildman–Crippen LogP) is 3.52. The highest BCUT2D eigenvalue weighted by molar-refractivity contribution is 5.42. The van der Waals surface area contributed by atoms with Gasteiger partial charge in [0.2, 0.25) is 0 Å². The fourth-order valence-corrected chi connectivity index (χ4v) is 1.61. The van der Waals surface area contributed by atoms with Gasteiger partial charge in [0.25, 0.3) is 0 Å². The molecule has 1 atom stereocenters. The molecule has 1 aromatic rings. The number of methoxy groups -OCH3 is 1. The van der Waals surface area contributed by atoms with Gasteiger partial charge in [0.15, 0.2) is 0 Å². The van der Waals surface area contributed by atoms with Gasteiger partial charge in [-0.2, -0.15) is 0 Å². The van der Waals surface area contributed by atoms with Crippen LogP contribution in [-0.4, -0.2) is 12.2 Å². The zero-order valence-corrected chi connectivity index (χ0v) is 10.0. The number of hydrogen-bond acceptors (Lipinski definition) is 2. The molecule has 16 heavy (non-hydrogen) atoms. The Morgan fingerprint density at radius 3 is 2.56 bits per heavy atom. The molecular weight excluding hydrogens is 200 g/mol. The average molecular weight is 218 g/mol. The second-order valence-corrected chi connectivity index (χ2v) is 4.04. The van der Waals surface area contributed by atoms with Gasteiger partial charge in [-0.3, -0.25) is 0 Å². The second kappa shape index (κ2) is 4.88. The van der Waals surface area contributed by atoms with Crippen LogP contribution in [0.1, 0.15) is 18.1 Å². The van der Waals surface area contributed by atoms with Crippen LogP contribution in [0.15, 0.2) is 43.2 Å². The van der Waals surface area contributed by atoms with Crippen molar-refractivity contribution in [1.82, 2.24) is 0 Å². The summed E-state index contributed by atoms with van der Waals surface area (Å²) >= 11 is 0. The van der Waals surface area contributed by atoms with Gasteiger partial charge < -0.3 is 9.84 Å². The Hall–Kier alpha value is -1.70. The van der Waals surface area contributed by atoms with E-state index < -0.39 is 0 Å². The molecule has 0 radical (unpaired) electrons. The topological polar surface area (TPSA) is 29.5 Å². The summed E-state index contributed by atoms with van der Waals surface area (Å²) in [4.78, 5) is 0. The van der Waals surface area contributed by atoms with Gasteiger partial charge in [-0.1, -0.05) is 12.1 Å². The van der Waals surface area contributed by atoms with Crippen LogP contribution in [0.25, 0.3) is 0 Å². The van der Waals surface area contributed by atoms with Crippen molar-refractivity contribution < 1.29 is 9.84 Å². The van der Waals surface area contributed by atoms with Crippen LogP contribution in [0.4, 0.5) is 0 Å². The normalized spacial score (nSPS) is 14.7. The number of rotatable bonds is 4. The van der Waals surface area contributed by atoms with Crippen molar-refractivity contribution in [3.05, 3.63) is 54.3 Å². The van der Waals surface area contributed by atoms with E-state index in [1.54, 1.807) is 19.3 Å². The first-order chi connectivity index (χ1) is 7.55. The molecule has 0 amide bonds. The molecule has 2 heteroatoms. The molecular formula is C14H18O2. The van der Waals surface area contributed by atoms with E-state index >= 15 is 0 Å². The molecule has 0 aliphatic rings. The van der Waals surface area contributed by atoms with Gasteiger partial charge in [0.1, 0.15) is 5.75 Å². The van der Waals surface area contributed by atoms with Crippen molar-refractivity contribution in [2.75, 3.05) is 7.11 Å². The quantitative estimate of drug-likeness (QED) is 0.619. The highest BCUT2D eigenvalue weighted by atomic mass is 16.5. The van der Waals surface area contributed by atoms with Crippen molar-refractivity contribution >= 4 is 0 Å². The molecule has 1 rings (SSSR count). The van der Waals surface area contributed by atoms with Crippen molar-refractivity contribution in [2.24, 2.45) is 0 Å². The van der Waals surface area contributed by atoms with E-state index in [0.29, 0.717) is 0 Å². The molecule has 1 aromatic carbocycles. The summed E-state index contributed by atoms with van der Waals surface area (Å²) in [6.07, 6.45) is 4.55. The molecule has 0 saturated carbocycles. The summed E-state index contributed by atoms with van der Waals surface area (Å²) in [5.41, 5.74) is 1.78. The maximum Gasteiger partial charge on any atom is 0.119 e. The first kappa shape index (κ1) is 12.4. The molecule has 0 spiro atoms. The Kier molecular flexibility index (Phi) is 3.78. The summed E-state index contributed by atoms with van der Waals surface area (Å²) < 4.78 is 5.23. The minimum Gasteiger partial charge on any atom is -0.516 e. The van der Waals surface area contributed by atoms with E-state index in [-0.39, 0.29) is 5.41 Å². The summed E-state index contributed by atoms with van der Waals surface area (Å²) in [6.45, 7) is 7.81. The van der Waals surface area contributed by atoms with Crippen molar-refractivity contribution in [1.29, 1.82) is 0 Å². The molecule has 0 aliphatic heterocycles. The summed E-state index contributed by atoms with van der Waals surface area (Å²) in [5.74, 6) is 0.814. The lowest BCUT2D eigenvalue weighted by Gasteiger charge is -2.22. The van der Waals surface area contributed by atoms with Gasteiger partial charge in [-0.15, -0.1) is 6.58 Å². The van der Waals surface area contributed by atoms with Crippen LogP contribution < -0.4 is 4.74 Å². The highest BCUT2D eigenvalue weighted by Crippen LogP contribution is 2.30. The Bertz CT molecular complexity index is 407. The lowest BCUT2D eigenvalue weighted by Crippen LogP contribution is -2.15. The molecule has 0 saturated heterocycles.